The molecule has 1 saturated heterocycles. The number of nitrogens with zero attached hydrogens (tertiary/aromatic N) is 3. The van der Waals surface area contributed by atoms with Crippen LogP contribution in [0.25, 0.3) is 0 Å². The van der Waals surface area contributed by atoms with Crippen molar-refractivity contribution in [2.24, 2.45) is 5.73 Å². The van der Waals surface area contributed by atoms with E-state index in [-0.39, 0.29) is 24.8 Å². The fraction of sp³-hybridized carbons (Fsp3) is 0.714. The van der Waals surface area contributed by atoms with Crippen molar-refractivity contribution in [3.8, 4) is 0 Å². The Morgan fingerprint density at radius 3 is 2.50 bits per heavy atom. The van der Waals surface area contributed by atoms with Gasteiger partial charge in [-0.25, -0.2) is 0 Å². The molecule has 7 heteroatoms. The fourth-order valence-electron chi connectivity index (χ4n) is 1.40. The van der Waals surface area contributed by atoms with Gasteiger partial charge in [0, 0.05) is 19.1 Å². The Balaban J connectivity index is 0.000000845. The second kappa shape index (κ2) is 6.40. The van der Waals surface area contributed by atoms with E-state index in [1.165, 1.54) is 0 Å². The summed E-state index contributed by atoms with van der Waals surface area (Å²) in [4.78, 5) is 2.25. The van der Waals surface area contributed by atoms with Crippen LogP contribution in [0.1, 0.15) is 12.8 Å². The van der Waals surface area contributed by atoms with Crippen molar-refractivity contribution in [2.45, 2.75) is 18.9 Å². The number of halogens is 2. The predicted octanol–water partition coefficient (Wildman–Crippen LogP) is 1.31. The van der Waals surface area contributed by atoms with Crippen molar-refractivity contribution in [1.29, 1.82) is 0 Å². The summed E-state index contributed by atoms with van der Waals surface area (Å²) in [5.41, 5.74) is 7.56. The maximum Gasteiger partial charge on any atom is 0.208 e. The number of hydrogen-bond donors (Lipinski definition) is 1. The molecule has 1 aliphatic rings. The Morgan fingerprint density at radius 2 is 2.00 bits per heavy atom. The predicted molar refractivity (Wildman–Crippen MR) is 63.8 cm³/mol. The van der Waals surface area contributed by atoms with Gasteiger partial charge in [0.15, 0.2) is 0 Å². The third-order valence-corrected chi connectivity index (χ3v) is 2.91. The first-order valence-electron chi connectivity index (χ1n) is 4.13. The number of aromatic nitrogens is 2. The van der Waals surface area contributed by atoms with E-state index >= 15 is 0 Å². The Labute approximate surface area is 99.7 Å². The molecule has 1 aliphatic heterocycles. The van der Waals surface area contributed by atoms with Crippen LogP contribution in [0.15, 0.2) is 5.51 Å². The summed E-state index contributed by atoms with van der Waals surface area (Å²) >= 11 is 1.59. The normalized spacial score (nSPS) is 17.1. The van der Waals surface area contributed by atoms with Crippen LogP contribution in [0.4, 0.5) is 5.13 Å². The van der Waals surface area contributed by atoms with Gasteiger partial charge in [-0.15, -0.1) is 35.0 Å². The largest absolute Gasteiger partial charge is 0.347 e. The van der Waals surface area contributed by atoms with E-state index in [4.69, 9.17) is 5.73 Å². The van der Waals surface area contributed by atoms with Gasteiger partial charge in [-0.3, -0.25) is 0 Å². The Hall–Kier alpha value is -0.100. The molecular formula is C7H14Cl2N4S. The molecule has 1 fully saturated rings. The summed E-state index contributed by atoms with van der Waals surface area (Å²) in [6, 6.07) is 0.383. The Kier molecular flexibility index (Phi) is 6.35. The highest BCUT2D eigenvalue weighted by molar-refractivity contribution is 7.13. The molecule has 2 rings (SSSR count). The third kappa shape index (κ3) is 3.24. The van der Waals surface area contributed by atoms with Crippen LogP contribution in [0.5, 0.6) is 0 Å². The third-order valence-electron chi connectivity index (χ3n) is 2.16. The molecule has 0 aliphatic carbocycles. The van der Waals surface area contributed by atoms with E-state index in [1.54, 1.807) is 16.8 Å². The lowest BCUT2D eigenvalue weighted by Gasteiger charge is -2.29. The number of hydrogen-bond acceptors (Lipinski definition) is 5. The smallest absolute Gasteiger partial charge is 0.208 e. The molecule has 2 N–H and O–H groups in total. The maximum absolute atomic E-state index is 5.79. The number of rotatable bonds is 1. The van der Waals surface area contributed by atoms with Crippen LogP contribution in [-0.2, 0) is 0 Å². The molecule has 0 spiro atoms. The summed E-state index contributed by atoms with van der Waals surface area (Å²) in [5.74, 6) is 0. The first-order chi connectivity index (χ1) is 5.86. The number of anilines is 1. The fourth-order valence-corrected chi connectivity index (χ4v) is 2.01. The molecule has 4 nitrogen and oxygen atoms in total. The van der Waals surface area contributed by atoms with Gasteiger partial charge in [0.05, 0.1) is 0 Å². The van der Waals surface area contributed by atoms with E-state index in [0.29, 0.717) is 6.04 Å². The first kappa shape index (κ1) is 13.9. The van der Waals surface area contributed by atoms with E-state index in [9.17, 15) is 0 Å². The minimum atomic E-state index is 0. The van der Waals surface area contributed by atoms with Gasteiger partial charge in [0.1, 0.15) is 5.51 Å². The molecular weight excluding hydrogens is 243 g/mol. The van der Waals surface area contributed by atoms with Crippen molar-refractivity contribution in [1.82, 2.24) is 10.2 Å². The molecule has 1 aromatic rings. The Morgan fingerprint density at radius 1 is 1.36 bits per heavy atom. The summed E-state index contributed by atoms with van der Waals surface area (Å²) in [7, 11) is 0. The minimum absolute atomic E-state index is 0. The van der Waals surface area contributed by atoms with E-state index in [1.807, 2.05) is 0 Å². The van der Waals surface area contributed by atoms with Crippen molar-refractivity contribution in [3.63, 3.8) is 0 Å². The van der Waals surface area contributed by atoms with Crippen LogP contribution >= 0.6 is 36.2 Å². The van der Waals surface area contributed by atoms with Crippen LogP contribution in [0.2, 0.25) is 0 Å². The molecule has 0 amide bonds. The number of nitrogens with two attached hydrogens (primary N) is 1. The molecule has 2 heterocycles. The lowest BCUT2D eigenvalue weighted by atomic mass is 10.1. The van der Waals surface area contributed by atoms with Crippen molar-refractivity contribution in [3.05, 3.63) is 5.51 Å². The lowest BCUT2D eigenvalue weighted by Crippen LogP contribution is -2.39. The van der Waals surface area contributed by atoms with Crippen LogP contribution in [0, 0.1) is 0 Å². The monoisotopic (exact) mass is 256 g/mol. The topological polar surface area (TPSA) is 55.0 Å². The van der Waals surface area contributed by atoms with Crippen molar-refractivity contribution >= 4 is 41.3 Å². The van der Waals surface area contributed by atoms with Gasteiger partial charge in [-0.05, 0) is 12.8 Å². The van der Waals surface area contributed by atoms with E-state index < -0.39 is 0 Å². The summed E-state index contributed by atoms with van der Waals surface area (Å²) in [6.45, 7) is 2.05. The van der Waals surface area contributed by atoms with Gasteiger partial charge in [-0.2, -0.15) is 0 Å². The molecule has 82 valence electrons. The second-order valence-corrected chi connectivity index (χ2v) is 3.86. The molecule has 0 saturated carbocycles. The van der Waals surface area contributed by atoms with Gasteiger partial charge in [0.2, 0.25) is 5.13 Å². The Bertz CT molecular complexity index is 236. The summed E-state index contributed by atoms with van der Waals surface area (Å²) < 4.78 is 0. The highest BCUT2D eigenvalue weighted by Gasteiger charge is 2.17. The maximum atomic E-state index is 5.79. The average molecular weight is 257 g/mol. The second-order valence-electron chi connectivity index (χ2n) is 3.05. The molecule has 14 heavy (non-hydrogen) atoms. The molecule has 1 aromatic heterocycles. The van der Waals surface area contributed by atoms with Crippen LogP contribution in [-0.4, -0.2) is 29.3 Å². The zero-order chi connectivity index (χ0) is 8.39. The van der Waals surface area contributed by atoms with Crippen LogP contribution < -0.4 is 10.6 Å². The van der Waals surface area contributed by atoms with Gasteiger partial charge in [0.25, 0.3) is 0 Å². The van der Waals surface area contributed by atoms with Gasteiger partial charge < -0.3 is 10.6 Å². The SMILES string of the molecule is Cl.Cl.NC1CCN(c2nncs2)CC1. The first-order valence-corrected chi connectivity index (χ1v) is 5.01. The highest BCUT2D eigenvalue weighted by atomic mass is 35.5. The zero-order valence-electron chi connectivity index (χ0n) is 7.63. The van der Waals surface area contributed by atoms with E-state index in [0.717, 1.165) is 31.1 Å². The highest BCUT2D eigenvalue weighted by Crippen LogP contribution is 2.19. The molecule has 0 unspecified atom stereocenters. The molecule has 0 atom stereocenters. The molecule has 0 bridgehead atoms. The van der Waals surface area contributed by atoms with E-state index in [2.05, 4.69) is 15.1 Å². The molecule has 0 radical (unpaired) electrons. The lowest BCUT2D eigenvalue weighted by molar-refractivity contribution is 0.500. The minimum Gasteiger partial charge on any atom is -0.347 e. The van der Waals surface area contributed by atoms with Crippen molar-refractivity contribution < 1.29 is 0 Å². The van der Waals surface area contributed by atoms with Gasteiger partial charge in [-0.1, -0.05) is 11.3 Å². The number of piperidine rings is 1. The van der Waals surface area contributed by atoms with Crippen molar-refractivity contribution in [2.75, 3.05) is 18.0 Å². The standard InChI is InChI=1S/C7H12N4S.2ClH/c8-6-1-3-11(4-2-6)7-10-9-5-12-7;;/h5-6H,1-4,8H2;2*1H. The summed E-state index contributed by atoms with van der Waals surface area (Å²) in [6.07, 6.45) is 2.14. The quantitative estimate of drug-likeness (QED) is 0.824. The zero-order valence-corrected chi connectivity index (χ0v) is 10.1. The van der Waals surface area contributed by atoms with Gasteiger partial charge >= 0.3 is 0 Å². The molecule has 0 aromatic carbocycles. The average Bonchev–Trinajstić information content (AvgIpc) is 2.58. The summed E-state index contributed by atoms with van der Waals surface area (Å²) in [5, 5.41) is 8.86. The van der Waals surface area contributed by atoms with Crippen LogP contribution in [0.3, 0.4) is 0 Å².